The second-order valence-electron chi connectivity index (χ2n) is 4.53. The van der Waals surface area contributed by atoms with Crippen LogP contribution in [0.3, 0.4) is 0 Å². The van der Waals surface area contributed by atoms with Crippen molar-refractivity contribution in [3.8, 4) is 0 Å². The van der Waals surface area contributed by atoms with Crippen LogP contribution >= 0.6 is 0 Å². The molecule has 0 amide bonds. The van der Waals surface area contributed by atoms with Gasteiger partial charge in [-0.05, 0) is 17.5 Å². The van der Waals surface area contributed by atoms with E-state index in [0.29, 0.717) is 6.61 Å². The van der Waals surface area contributed by atoms with Gasteiger partial charge in [-0.15, -0.1) is 0 Å². The van der Waals surface area contributed by atoms with E-state index in [-0.39, 0.29) is 11.9 Å². The van der Waals surface area contributed by atoms with Gasteiger partial charge in [0.25, 0.3) is 0 Å². The van der Waals surface area contributed by atoms with Gasteiger partial charge in [-0.25, -0.2) is 4.79 Å². The Morgan fingerprint density at radius 1 is 1.00 bits per heavy atom. The Kier molecular flexibility index (Phi) is 5.13. The molecule has 0 aliphatic heterocycles. The lowest BCUT2D eigenvalue weighted by atomic mass is 9.89. The van der Waals surface area contributed by atoms with Crippen LogP contribution in [0.25, 0.3) is 0 Å². The molecule has 0 heterocycles. The molecule has 0 fully saturated rings. The van der Waals surface area contributed by atoms with Crippen molar-refractivity contribution >= 4 is 5.97 Å². The number of rotatable bonds is 6. The molecular formula is C18H18O2. The summed E-state index contributed by atoms with van der Waals surface area (Å²) in [5, 5.41) is 0. The van der Waals surface area contributed by atoms with Crippen molar-refractivity contribution in [2.24, 2.45) is 0 Å². The van der Waals surface area contributed by atoms with E-state index in [1.54, 1.807) is 0 Å². The van der Waals surface area contributed by atoms with Crippen LogP contribution in [-0.4, -0.2) is 12.6 Å². The zero-order valence-electron chi connectivity index (χ0n) is 11.4. The minimum absolute atomic E-state index is 0.231. The lowest BCUT2D eigenvalue weighted by molar-refractivity contribution is -0.137. The predicted molar refractivity (Wildman–Crippen MR) is 80.5 cm³/mol. The van der Waals surface area contributed by atoms with E-state index in [1.807, 2.05) is 36.4 Å². The molecule has 0 bridgehead atoms. The van der Waals surface area contributed by atoms with E-state index < -0.39 is 0 Å². The Balaban J connectivity index is 2.13. The zero-order valence-corrected chi connectivity index (χ0v) is 11.4. The predicted octanol–water partition coefficient (Wildman–Crippen LogP) is 3.94. The molecule has 0 N–H and O–H groups in total. The molecule has 0 saturated heterocycles. The Morgan fingerprint density at radius 3 is 1.95 bits per heavy atom. The van der Waals surface area contributed by atoms with Gasteiger partial charge in [0.1, 0.15) is 0 Å². The van der Waals surface area contributed by atoms with Crippen molar-refractivity contribution < 1.29 is 9.53 Å². The average Bonchev–Trinajstić information content (AvgIpc) is 2.53. The molecule has 2 rings (SSSR count). The summed E-state index contributed by atoms with van der Waals surface area (Å²) in [5.41, 5.74) is 2.46. The van der Waals surface area contributed by atoms with Crippen LogP contribution in [0.15, 0.2) is 73.3 Å². The molecule has 2 aromatic carbocycles. The van der Waals surface area contributed by atoms with E-state index in [2.05, 4.69) is 30.8 Å². The summed E-state index contributed by atoms with van der Waals surface area (Å²) in [6.07, 6.45) is 1.95. The zero-order chi connectivity index (χ0) is 14.2. The third kappa shape index (κ3) is 3.82. The molecule has 0 unspecified atom stereocenters. The van der Waals surface area contributed by atoms with E-state index in [1.165, 1.54) is 17.2 Å². The first-order chi connectivity index (χ1) is 9.81. The SMILES string of the molecule is C=CC(=O)OCCC(c1ccccc1)c1ccccc1. The second kappa shape index (κ2) is 7.29. The summed E-state index contributed by atoms with van der Waals surface area (Å²) >= 11 is 0. The normalized spacial score (nSPS) is 10.2. The first-order valence-corrected chi connectivity index (χ1v) is 6.70. The number of ether oxygens (including phenoxy) is 1. The van der Waals surface area contributed by atoms with Gasteiger partial charge in [0, 0.05) is 12.0 Å². The minimum atomic E-state index is -0.370. The first-order valence-electron chi connectivity index (χ1n) is 6.70. The fourth-order valence-electron chi connectivity index (χ4n) is 2.23. The summed E-state index contributed by atoms with van der Waals surface area (Å²) in [6, 6.07) is 20.5. The van der Waals surface area contributed by atoms with Gasteiger partial charge in [-0.2, -0.15) is 0 Å². The molecular weight excluding hydrogens is 248 g/mol. The fraction of sp³-hybridized carbons (Fsp3) is 0.167. The van der Waals surface area contributed by atoms with Gasteiger partial charge >= 0.3 is 5.97 Å². The van der Waals surface area contributed by atoms with Crippen LogP contribution in [0.1, 0.15) is 23.5 Å². The molecule has 0 saturated carbocycles. The van der Waals surface area contributed by atoms with Crippen molar-refractivity contribution in [3.05, 3.63) is 84.4 Å². The third-order valence-electron chi connectivity index (χ3n) is 3.22. The Morgan fingerprint density at radius 2 is 1.50 bits per heavy atom. The van der Waals surface area contributed by atoms with Crippen LogP contribution < -0.4 is 0 Å². The van der Waals surface area contributed by atoms with Crippen molar-refractivity contribution in [3.63, 3.8) is 0 Å². The van der Waals surface area contributed by atoms with E-state index in [9.17, 15) is 4.79 Å². The van der Waals surface area contributed by atoms with Crippen molar-refractivity contribution in [1.29, 1.82) is 0 Å². The molecule has 2 aromatic rings. The van der Waals surface area contributed by atoms with Crippen LogP contribution in [0.5, 0.6) is 0 Å². The maximum absolute atomic E-state index is 11.1. The number of carbonyl (C=O) groups is 1. The molecule has 2 heteroatoms. The monoisotopic (exact) mass is 266 g/mol. The number of benzene rings is 2. The van der Waals surface area contributed by atoms with E-state index >= 15 is 0 Å². The quantitative estimate of drug-likeness (QED) is 0.585. The molecule has 102 valence electrons. The highest BCUT2D eigenvalue weighted by Crippen LogP contribution is 2.27. The van der Waals surface area contributed by atoms with Gasteiger partial charge in [0.05, 0.1) is 6.61 Å². The van der Waals surface area contributed by atoms with Crippen LogP contribution in [0.2, 0.25) is 0 Å². The number of esters is 1. The van der Waals surface area contributed by atoms with Crippen molar-refractivity contribution in [2.45, 2.75) is 12.3 Å². The molecule has 0 atom stereocenters. The highest BCUT2D eigenvalue weighted by Gasteiger charge is 2.14. The van der Waals surface area contributed by atoms with E-state index in [4.69, 9.17) is 4.74 Å². The van der Waals surface area contributed by atoms with Crippen LogP contribution in [0, 0.1) is 0 Å². The lowest BCUT2D eigenvalue weighted by Gasteiger charge is -2.17. The highest BCUT2D eigenvalue weighted by atomic mass is 16.5. The van der Waals surface area contributed by atoms with E-state index in [0.717, 1.165) is 6.42 Å². The van der Waals surface area contributed by atoms with Gasteiger partial charge in [0.15, 0.2) is 0 Å². The number of hydrogen-bond donors (Lipinski definition) is 0. The smallest absolute Gasteiger partial charge is 0.330 e. The Bertz CT molecular complexity index is 507. The minimum Gasteiger partial charge on any atom is -0.463 e. The summed E-state index contributed by atoms with van der Waals surface area (Å²) in [5.74, 6) is -0.139. The van der Waals surface area contributed by atoms with Crippen molar-refractivity contribution in [2.75, 3.05) is 6.61 Å². The van der Waals surface area contributed by atoms with Gasteiger partial charge < -0.3 is 4.74 Å². The molecule has 0 spiro atoms. The molecule has 2 nitrogen and oxygen atoms in total. The number of carbonyl (C=O) groups excluding carboxylic acids is 1. The molecule has 20 heavy (non-hydrogen) atoms. The van der Waals surface area contributed by atoms with Crippen molar-refractivity contribution in [1.82, 2.24) is 0 Å². The summed E-state index contributed by atoms with van der Waals surface area (Å²) < 4.78 is 5.11. The summed E-state index contributed by atoms with van der Waals surface area (Å²) in [7, 11) is 0. The summed E-state index contributed by atoms with van der Waals surface area (Å²) in [6.45, 7) is 3.79. The average molecular weight is 266 g/mol. The standard InChI is InChI=1S/C18H18O2/c1-2-18(19)20-14-13-17(15-9-5-3-6-10-15)16-11-7-4-8-12-16/h2-12,17H,1,13-14H2. The summed E-state index contributed by atoms with van der Waals surface area (Å²) in [4.78, 5) is 11.1. The lowest BCUT2D eigenvalue weighted by Crippen LogP contribution is -2.08. The van der Waals surface area contributed by atoms with Gasteiger partial charge in [0.2, 0.25) is 0 Å². The second-order valence-corrected chi connectivity index (χ2v) is 4.53. The van der Waals surface area contributed by atoms with Gasteiger partial charge in [-0.3, -0.25) is 0 Å². The maximum atomic E-state index is 11.1. The molecule has 0 aliphatic rings. The topological polar surface area (TPSA) is 26.3 Å². The molecule has 0 aromatic heterocycles. The maximum Gasteiger partial charge on any atom is 0.330 e. The fourth-order valence-corrected chi connectivity index (χ4v) is 2.23. The molecule has 0 aliphatic carbocycles. The highest BCUT2D eigenvalue weighted by molar-refractivity contribution is 5.81. The number of hydrogen-bond acceptors (Lipinski definition) is 2. The largest absolute Gasteiger partial charge is 0.463 e. The van der Waals surface area contributed by atoms with Crippen LogP contribution in [-0.2, 0) is 9.53 Å². The molecule has 0 radical (unpaired) electrons. The van der Waals surface area contributed by atoms with Gasteiger partial charge in [-0.1, -0.05) is 67.2 Å². The Labute approximate surface area is 119 Å². The Hall–Kier alpha value is -2.35. The van der Waals surface area contributed by atoms with Crippen LogP contribution in [0.4, 0.5) is 0 Å². The first kappa shape index (κ1) is 14.1. The third-order valence-corrected chi connectivity index (χ3v) is 3.22.